The van der Waals surface area contributed by atoms with Gasteiger partial charge in [-0.15, -0.1) is 0 Å². The van der Waals surface area contributed by atoms with Gasteiger partial charge >= 0.3 is 0 Å². The van der Waals surface area contributed by atoms with Crippen LogP contribution in [0.3, 0.4) is 0 Å². The summed E-state index contributed by atoms with van der Waals surface area (Å²) < 4.78 is 5.59. The molecule has 21 heavy (non-hydrogen) atoms. The van der Waals surface area contributed by atoms with Crippen molar-refractivity contribution < 1.29 is 9.66 Å². The Morgan fingerprint density at radius 2 is 2.14 bits per heavy atom. The normalized spacial score (nSPS) is 10.2. The quantitative estimate of drug-likeness (QED) is 0.641. The molecule has 2 rings (SSSR count). The molecule has 8 heteroatoms. The number of nitro groups is 1. The van der Waals surface area contributed by atoms with Crippen LogP contribution in [0.5, 0.6) is 11.6 Å². The van der Waals surface area contributed by atoms with Crippen molar-refractivity contribution in [3.63, 3.8) is 0 Å². The Balaban J connectivity index is 2.33. The minimum absolute atomic E-state index is 0.0514. The van der Waals surface area contributed by atoms with Gasteiger partial charge in [-0.25, -0.2) is 0 Å². The number of benzene rings is 1. The maximum Gasteiger partial charge on any atom is 0.273 e. The van der Waals surface area contributed by atoms with E-state index < -0.39 is 4.92 Å². The Labute approximate surface area is 121 Å². The van der Waals surface area contributed by atoms with E-state index in [1.54, 1.807) is 19.1 Å². The Kier molecular flexibility index (Phi) is 4.17. The summed E-state index contributed by atoms with van der Waals surface area (Å²) in [6, 6.07) is 5.96. The molecule has 0 atom stereocenters. The second-order valence-corrected chi connectivity index (χ2v) is 4.29. The largest absolute Gasteiger partial charge is 0.438 e. The lowest BCUT2D eigenvalue weighted by Gasteiger charge is -2.10. The van der Waals surface area contributed by atoms with Gasteiger partial charge in [0.1, 0.15) is 11.6 Å². The van der Waals surface area contributed by atoms with Gasteiger partial charge in [0.15, 0.2) is 0 Å². The van der Waals surface area contributed by atoms with Gasteiger partial charge in [0.05, 0.1) is 11.0 Å². The molecule has 0 saturated heterocycles. The number of hydrogen-bond donors (Lipinski definition) is 2. The van der Waals surface area contributed by atoms with E-state index in [0.29, 0.717) is 18.1 Å². The van der Waals surface area contributed by atoms with Crippen molar-refractivity contribution in [1.29, 1.82) is 0 Å². The number of nitrogen functional groups attached to an aromatic ring is 1. The van der Waals surface area contributed by atoms with Crippen LogP contribution in [0.1, 0.15) is 12.5 Å². The highest BCUT2D eigenvalue weighted by atomic mass is 16.6. The lowest BCUT2D eigenvalue weighted by molar-refractivity contribution is -0.384. The van der Waals surface area contributed by atoms with E-state index in [-0.39, 0.29) is 17.5 Å². The predicted octanol–water partition coefficient (Wildman–Crippen LogP) is 2.50. The average Bonchev–Trinajstić information content (AvgIpc) is 2.40. The Bertz CT molecular complexity index is 675. The van der Waals surface area contributed by atoms with Gasteiger partial charge in [-0.05, 0) is 25.5 Å². The maximum absolute atomic E-state index is 10.8. The molecule has 1 aromatic carbocycles. The van der Waals surface area contributed by atoms with Gasteiger partial charge in [-0.3, -0.25) is 10.1 Å². The number of nitrogens with zero attached hydrogens (tertiary/aromatic N) is 3. The number of nitrogens with two attached hydrogens (primary N) is 1. The summed E-state index contributed by atoms with van der Waals surface area (Å²) in [5.41, 5.74) is 6.31. The summed E-state index contributed by atoms with van der Waals surface area (Å²) in [4.78, 5) is 18.3. The second kappa shape index (κ2) is 6.04. The van der Waals surface area contributed by atoms with Gasteiger partial charge in [-0.2, -0.15) is 9.97 Å². The first-order valence-electron chi connectivity index (χ1n) is 6.31. The van der Waals surface area contributed by atoms with Crippen molar-refractivity contribution in [2.75, 3.05) is 17.6 Å². The summed E-state index contributed by atoms with van der Waals surface area (Å²) in [6.45, 7) is 4.38. The van der Waals surface area contributed by atoms with E-state index in [2.05, 4.69) is 15.3 Å². The highest BCUT2D eigenvalue weighted by Gasteiger charge is 2.12. The van der Waals surface area contributed by atoms with Crippen LogP contribution in [0.2, 0.25) is 0 Å². The Morgan fingerprint density at radius 1 is 1.38 bits per heavy atom. The number of anilines is 2. The van der Waals surface area contributed by atoms with E-state index in [9.17, 15) is 10.1 Å². The van der Waals surface area contributed by atoms with E-state index in [4.69, 9.17) is 10.5 Å². The molecule has 0 radical (unpaired) electrons. The number of aromatic nitrogens is 2. The van der Waals surface area contributed by atoms with Crippen molar-refractivity contribution in [2.45, 2.75) is 13.8 Å². The molecule has 0 bridgehead atoms. The van der Waals surface area contributed by atoms with Crippen LogP contribution in [0.15, 0.2) is 24.3 Å². The smallest absolute Gasteiger partial charge is 0.273 e. The summed E-state index contributed by atoms with van der Waals surface area (Å²) in [5, 5.41) is 13.8. The lowest BCUT2D eigenvalue weighted by atomic mass is 10.2. The molecular weight excluding hydrogens is 274 g/mol. The third-order valence-corrected chi connectivity index (χ3v) is 2.67. The minimum atomic E-state index is -0.481. The molecule has 2 aromatic rings. The summed E-state index contributed by atoms with van der Waals surface area (Å²) in [6.07, 6.45) is 0. The van der Waals surface area contributed by atoms with E-state index in [0.717, 1.165) is 5.56 Å². The summed E-state index contributed by atoms with van der Waals surface area (Å²) in [7, 11) is 0. The molecule has 0 fully saturated rings. The molecule has 3 N–H and O–H groups in total. The van der Waals surface area contributed by atoms with Gasteiger partial charge in [0, 0.05) is 18.7 Å². The molecule has 0 spiro atoms. The van der Waals surface area contributed by atoms with Crippen molar-refractivity contribution >= 4 is 17.5 Å². The molecule has 1 aromatic heterocycles. The molecule has 0 aliphatic carbocycles. The van der Waals surface area contributed by atoms with Crippen molar-refractivity contribution in [1.82, 2.24) is 9.97 Å². The topological polar surface area (TPSA) is 116 Å². The van der Waals surface area contributed by atoms with Gasteiger partial charge < -0.3 is 15.8 Å². The number of rotatable bonds is 5. The molecular formula is C13H15N5O3. The fraction of sp³-hybridized carbons (Fsp3) is 0.231. The van der Waals surface area contributed by atoms with Crippen molar-refractivity contribution in [2.24, 2.45) is 0 Å². The maximum atomic E-state index is 10.8. The van der Waals surface area contributed by atoms with Gasteiger partial charge in [0.25, 0.3) is 5.69 Å². The summed E-state index contributed by atoms with van der Waals surface area (Å²) >= 11 is 0. The first-order valence-corrected chi connectivity index (χ1v) is 6.31. The van der Waals surface area contributed by atoms with E-state index in [1.807, 2.05) is 6.92 Å². The second-order valence-electron chi connectivity index (χ2n) is 4.29. The molecule has 0 aliphatic rings. The number of ether oxygens (including phenoxy) is 1. The minimum Gasteiger partial charge on any atom is -0.438 e. The number of aryl methyl sites for hydroxylation is 1. The number of non-ortho nitro benzene ring substituents is 1. The zero-order chi connectivity index (χ0) is 15.4. The standard InChI is InChI=1S/C13H15N5O3/c1-3-15-11-7-12(17-13(14)16-11)21-10-6-9(18(19)20)5-4-8(10)2/h4-7H,3H2,1-2H3,(H3,14,15,16,17). The van der Waals surface area contributed by atoms with Crippen LogP contribution in [0.4, 0.5) is 17.5 Å². The number of hydrogen-bond acceptors (Lipinski definition) is 7. The Morgan fingerprint density at radius 3 is 2.81 bits per heavy atom. The van der Waals surface area contributed by atoms with Crippen LogP contribution in [-0.4, -0.2) is 21.4 Å². The van der Waals surface area contributed by atoms with Crippen LogP contribution in [-0.2, 0) is 0 Å². The fourth-order valence-electron chi connectivity index (χ4n) is 1.69. The first kappa shape index (κ1) is 14.5. The third kappa shape index (κ3) is 3.56. The summed E-state index contributed by atoms with van der Waals surface area (Å²) in [5.74, 6) is 1.17. The van der Waals surface area contributed by atoms with E-state index >= 15 is 0 Å². The van der Waals surface area contributed by atoms with Crippen LogP contribution in [0.25, 0.3) is 0 Å². The molecule has 0 unspecified atom stereocenters. The molecule has 8 nitrogen and oxygen atoms in total. The van der Waals surface area contributed by atoms with Crippen LogP contribution in [0, 0.1) is 17.0 Å². The zero-order valence-corrected chi connectivity index (χ0v) is 11.7. The molecule has 0 saturated carbocycles. The predicted molar refractivity (Wildman–Crippen MR) is 78.5 cm³/mol. The molecule has 0 aliphatic heterocycles. The number of nitro benzene ring substituents is 1. The monoisotopic (exact) mass is 289 g/mol. The van der Waals surface area contributed by atoms with Crippen molar-refractivity contribution in [3.8, 4) is 11.6 Å². The average molecular weight is 289 g/mol. The fourth-order valence-corrected chi connectivity index (χ4v) is 1.69. The first-order chi connectivity index (χ1) is 9.99. The third-order valence-electron chi connectivity index (χ3n) is 2.67. The highest BCUT2D eigenvalue weighted by Crippen LogP contribution is 2.29. The molecule has 0 amide bonds. The molecule has 110 valence electrons. The van der Waals surface area contributed by atoms with Gasteiger partial charge in [0.2, 0.25) is 11.8 Å². The SMILES string of the molecule is CCNc1cc(Oc2cc([N+](=O)[O-])ccc2C)nc(N)n1. The number of nitrogens with one attached hydrogen (secondary N) is 1. The van der Waals surface area contributed by atoms with Crippen LogP contribution < -0.4 is 15.8 Å². The molecule has 1 heterocycles. The van der Waals surface area contributed by atoms with Crippen LogP contribution >= 0.6 is 0 Å². The Hall–Kier alpha value is -2.90. The lowest BCUT2D eigenvalue weighted by Crippen LogP contribution is -2.04. The van der Waals surface area contributed by atoms with Crippen molar-refractivity contribution in [3.05, 3.63) is 39.9 Å². The highest BCUT2D eigenvalue weighted by molar-refractivity contribution is 5.47. The van der Waals surface area contributed by atoms with E-state index in [1.165, 1.54) is 12.1 Å². The van der Waals surface area contributed by atoms with Gasteiger partial charge in [-0.1, -0.05) is 0 Å². The zero-order valence-electron chi connectivity index (χ0n) is 11.7.